The van der Waals surface area contributed by atoms with Crippen molar-refractivity contribution < 1.29 is 14.7 Å². The molecule has 2 amide bonds. The number of nitrogens with one attached hydrogen (secondary N) is 1. The molecule has 0 radical (unpaired) electrons. The number of anilines is 1. The number of carbonyl (C=O) groups excluding carboxylic acids is 2. The minimum absolute atomic E-state index is 0.0668. The summed E-state index contributed by atoms with van der Waals surface area (Å²) in [4.78, 5) is 26.5. The second-order valence-electron chi connectivity index (χ2n) is 7.20. The van der Waals surface area contributed by atoms with Gasteiger partial charge in [0.05, 0.1) is 12.0 Å². The van der Waals surface area contributed by atoms with Crippen LogP contribution in [-0.4, -0.2) is 35.1 Å². The normalized spacial score (nSPS) is 23.3. The second kappa shape index (κ2) is 6.93. The van der Waals surface area contributed by atoms with E-state index in [1.165, 1.54) is 0 Å². The average molecular weight is 330 g/mol. The first-order valence-electron chi connectivity index (χ1n) is 8.87. The molecule has 2 fully saturated rings. The van der Waals surface area contributed by atoms with Crippen LogP contribution in [0.2, 0.25) is 0 Å². The third-order valence-electron chi connectivity index (χ3n) is 5.16. The van der Waals surface area contributed by atoms with Crippen LogP contribution in [0.1, 0.15) is 50.5 Å². The van der Waals surface area contributed by atoms with Crippen LogP contribution in [0.5, 0.6) is 0 Å². The zero-order chi connectivity index (χ0) is 17.2. The molecular formula is C19H26N2O3. The van der Waals surface area contributed by atoms with E-state index in [4.69, 9.17) is 0 Å². The highest BCUT2D eigenvalue weighted by atomic mass is 16.3. The van der Waals surface area contributed by atoms with Crippen molar-refractivity contribution in [3.05, 3.63) is 29.8 Å². The number of aliphatic hydroxyl groups is 1. The quantitative estimate of drug-likeness (QED) is 0.890. The third kappa shape index (κ3) is 3.78. The van der Waals surface area contributed by atoms with Gasteiger partial charge < -0.3 is 15.3 Å². The lowest BCUT2D eigenvalue weighted by molar-refractivity contribution is -0.131. The van der Waals surface area contributed by atoms with E-state index in [1.807, 2.05) is 31.2 Å². The highest BCUT2D eigenvalue weighted by molar-refractivity contribution is 6.01. The van der Waals surface area contributed by atoms with Crippen LogP contribution in [0.25, 0.3) is 0 Å². The molecule has 2 aliphatic rings. The zero-order valence-corrected chi connectivity index (χ0v) is 14.3. The Labute approximate surface area is 143 Å². The molecule has 1 aliphatic carbocycles. The molecule has 0 bridgehead atoms. The van der Waals surface area contributed by atoms with Gasteiger partial charge in [-0.3, -0.25) is 9.59 Å². The predicted molar refractivity (Wildman–Crippen MR) is 92.7 cm³/mol. The summed E-state index contributed by atoms with van der Waals surface area (Å²) in [5.41, 5.74) is 1.13. The van der Waals surface area contributed by atoms with E-state index in [0.717, 1.165) is 30.5 Å². The van der Waals surface area contributed by atoms with Gasteiger partial charge in [0.15, 0.2) is 0 Å². The maximum absolute atomic E-state index is 12.5. The van der Waals surface area contributed by atoms with Crippen molar-refractivity contribution in [1.82, 2.24) is 5.32 Å². The van der Waals surface area contributed by atoms with Crippen molar-refractivity contribution in [2.24, 2.45) is 0 Å². The van der Waals surface area contributed by atoms with Gasteiger partial charge in [0.2, 0.25) is 11.8 Å². The van der Waals surface area contributed by atoms with Crippen LogP contribution in [0.3, 0.4) is 0 Å². The summed E-state index contributed by atoms with van der Waals surface area (Å²) in [6.07, 6.45) is 5.11. The molecule has 1 saturated carbocycles. The number of rotatable bonds is 4. The van der Waals surface area contributed by atoms with Crippen LogP contribution in [0, 0.1) is 6.92 Å². The molecule has 1 unspecified atom stereocenters. The Bertz CT molecular complexity index is 606. The topological polar surface area (TPSA) is 69.6 Å². The average Bonchev–Trinajstić information content (AvgIpc) is 2.89. The summed E-state index contributed by atoms with van der Waals surface area (Å²) in [7, 11) is 0. The molecular weight excluding hydrogens is 304 g/mol. The summed E-state index contributed by atoms with van der Waals surface area (Å²) in [5, 5.41) is 13.3. The van der Waals surface area contributed by atoms with Gasteiger partial charge in [-0.2, -0.15) is 0 Å². The van der Waals surface area contributed by atoms with E-state index in [1.54, 1.807) is 4.90 Å². The maximum Gasteiger partial charge on any atom is 0.249 e. The minimum Gasteiger partial charge on any atom is -0.389 e. The molecule has 1 saturated heterocycles. The highest BCUT2D eigenvalue weighted by Crippen LogP contribution is 2.31. The second-order valence-corrected chi connectivity index (χ2v) is 7.20. The molecule has 3 rings (SSSR count). The van der Waals surface area contributed by atoms with Crippen LogP contribution < -0.4 is 10.2 Å². The number of amides is 2. The van der Waals surface area contributed by atoms with Crippen molar-refractivity contribution >= 4 is 17.5 Å². The molecule has 5 nitrogen and oxygen atoms in total. The first-order valence-corrected chi connectivity index (χ1v) is 8.87. The van der Waals surface area contributed by atoms with E-state index in [2.05, 4.69) is 5.32 Å². The lowest BCUT2D eigenvalue weighted by atomic mass is 9.82. The first kappa shape index (κ1) is 17.0. The maximum atomic E-state index is 12.5. The predicted octanol–water partition coefficient (Wildman–Crippen LogP) is 2.30. The van der Waals surface area contributed by atoms with Crippen molar-refractivity contribution in [1.29, 1.82) is 0 Å². The lowest BCUT2D eigenvalue weighted by Crippen LogP contribution is -2.45. The van der Waals surface area contributed by atoms with E-state index >= 15 is 0 Å². The Morgan fingerprint density at radius 3 is 2.58 bits per heavy atom. The smallest absolute Gasteiger partial charge is 0.249 e. The first-order chi connectivity index (χ1) is 11.5. The Balaban J connectivity index is 1.57. The standard InChI is InChI=1S/C19H26N2O3/c1-14-5-7-15(8-6-14)21-12-9-16(18(21)23)20-17(22)13-19(24)10-3-2-4-11-19/h5-8,16,24H,2-4,9-13H2,1H3,(H,20,22). The van der Waals surface area contributed by atoms with Crippen molar-refractivity contribution in [3.8, 4) is 0 Å². The molecule has 1 aromatic carbocycles. The lowest BCUT2D eigenvalue weighted by Gasteiger charge is -2.31. The molecule has 0 spiro atoms. The summed E-state index contributed by atoms with van der Waals surface area (Å²) in [5.74, 6) is -0.286. The Morgan fingerprint density at radius 1 is 1.25 bits per heavy atom. The van der Waals surface area contributed by atoms with Crippen molar-refractivity contribution in [2.45, 2.75) is 63.5 Å². The van der Waals surface area contributed by atoms with Crippen LogP contribution in [0.15, 0.2) is 24.3 Å². The molecule has 5 heteroatoms. The Kier molecular flexibility index (Phi) is 4.90. The number of hydrogen-bond donors (Lipinski definition) is 2. The van der Waals surface area contributed by atoms with E-state index in [0.29, 0.717) is 25.8 Å². The molecule has 1 aliphatic heterocycles. The molecule has 24 heavy (non-hydrogen) atoms. The summed E-state index contributed by atoms with van der Waals surface area (Å²) >= 11 is 0. The number of benzene rings is 1. The highest BCUT2D eigenvalue weighted by Gasteiger charge is 2.36. The van der Waals surface area contributed by atoms with Crippen LogP contribution in [-0.2, 0) is 9.59 Å². The molecule has 130 valence electrons. The van der Waals surface area contributed by atoms with Gasteiger partial charge in [-0.15, -0.1) is 0 Å². The van der Waals surface area contributed by atoms with E-state index < -0.39 is 11.6 Å². The minimum atomic E-state index is -0.888. The zero-order valence-electron chi connectivity index (χ0n) is 14.3. The van der Waals surface area contributed by atoms with Crippen LogP contribution in [0.4, 0.5) is 5.69 Å². The fraction of sp³-hybridized carbons (Fsp3) is 0.579. The molecule has 1 atom stereocenters. The largest absolute Gasteiger partial charge is 0.389 e. The van der Waals surface area contributed by atoms with Crippen molar-refractivity contribution in [3.63, 3.8) is 0 Å². The summed E-state index contributed by atoms with van der Waals surface area (Å²) in [6.45, 7) is 2.62. The molecule has 1 heterocycles. The fourth-order valence-corrected chi connectivity index (χ4v) is 3.73. The SMILES string of the molecule is Cc1ccc(N2CCC(NC(=O)CC3(O)CCCCC3)C2=O)cc1. The van der Waals surface area contributed by atoms with E-state index in [-0.39, 0.29) is 18.2 Å². The van der Waals surface area contributed by atoms with Gasteiger partial charge in [-0.1, -0.05) is 37.0 Å². The van der Waals surface area contributed by atoms with Crippen LogP contribution >= 0.6 is 0 Å². The summed E-state index contributed by atoms with van der Waals surface area (Å²) in [6, 6.07) is 7.34. The Hall–Kier alpha value is -1.88. The number of hydrogen-bond acceptors (Lipinski definition) is 3. The van der Waals surface area contributed by atoms with Gasteiger partial charge in [-0.05, 0) is 38.3 Å². The van der Waals surface area contributed by atoms with E-state index in [9.17, 15) is 14.7 Å². The van der Waals surface area contributed by atoms with Gasteiger partial charge in [0.1, 0.15) is 6.04 Å². The van der Waals surface area contributed by atoms with Gasteiger partial charge in [0, 0.05) is 12.2 Å². The number of nitrogens with zero attached hydrogens (tertiary/aromatic N) is 1. The Morgan fingerprint density at radius 2 is 1.92 bits per heavy atom. The summed E-state index contributed by atoms with van der Waals surface area (Å²) < 4.78 is 0. The van der Waals surface area contributed by atoms with Gasteiger partial charge in [-0.25, -0.2) is 0 Å². The third-order valence-corrected chi connectivity index (χ3v) is 5.16. The van der Waals surface area contributed by atoms with Crippen molar-refractivity contribution in [2.75, 3.05) is 11.4 Å². The molecule has 2 N–H and O–H groups in total. The monoisotopic (exact) mass is 330 g/mol. The van der Waals surface area contributed by atoms with Gasteiger partial charge >= 0.3 is 0 Å². The number of carbonyl (C=O) groups is 2. The van der Waals surface area contributed by atoms with Gasteiger partial charge in [0.25, 0.3) is 0 Å². The fourth-order valence-electron chi connectivity index (χ4n) is 3.73. The molecule has 0 aromatic heterocycles. The molecule has 1 aromatic rings. The number of aryl methyl sites for hydroxylation is 1.